The first-order valence-corrected chi connectivity index (χ1v) is 13.5. The maximum Gasteiger partial charge on any atom is 0.136 e. The number of aromatic nitrogens is 1. The molecule has 1 aromatic carbocycles. The van der Waals surface area contributed by atoms with Crippen molar-refractivity contribution in [1.82, 2.24) is 9.88 Å². The molecule has 3 heterocycles. The number of hydrogen-bond acceptors (Lipinski definition) is 5. The van der Waals surface area contributed by atoms with Crippen molar-refractivity contribution in [3.8, 4) is 0 Å². The van der Waals surface area contributed by atoms with Crippen LogP contribution in [0.2, 0.25) is 5.15 Å². The van der Waals surface area contributed by atoms with E-state index in [-0.39, 0.29) is 17.1 Å². The molecule has 7 unspecified atom stereocenters. The van der Waals surface area contributed by atoms with Crippen molar-refractivity contribution in [2.45, 2.75) is 68.5 Å². The van der Waals surface area contributed by atoms with Crippen LogP contribution in [0.3, 0.4) is 0 Å². The summed E-state index contributed by atoms with van der Waals surface area (Å²) in [6.45, 7) is 2.39. The summed E-state index contributed by atoms with van der Waals surface area (Å²) in [5, 5.41) is 24.7. The second-order valence-corrected chi connectivity index (χ2v) is 12.3. The van der Waals surface area contributed by atoms with E-state index < -0.39 is 17.8 Å². The Kier molecular flexibility index (Phi) is 4.83. The molecular weight excluding hydrogens is 472 g/mol. The molecule has 2 bridgehead atoms. The van der Waals surface area contributed by atoms with Crippen LogP contribution in [0.1, 0.15) is 44.6 Å². The van der Waals surface area contributed by atoms with Crippen LogP contribution >= 0.6 is 11.6 Å². The Morgan fingerprint density at radius 1 is 1.14 bits per heavy atom. The van der Waals surface area contributed by atoms with Gasteiger partial charge in [-0.3, -0.25) is 0 Å². The Morgan fingerprint density at radius 3 is 2.78 bits per heavy atom. The standard InChI is InChI=1S/C30H33ClN2O3/c1-28-10-8-19-15-22-25(34)26(35)23(33(2)3)16-29(22)11-12-30(19,36-29)24(28)7-6-21(28)18-5-4-17-9-13-32-27(31)20(17)14-18/h4-6,8-9,13-15,23-26,34-35H,7,10-12,16H2,1-3H3. The van der Waals surface area contributed by atoms with Crippen molar-refractivity contribution in [1.29, 1.82) is 0 Å². The highest BCUT2D eigenvalue weighted by Crippen LogP contribution is 2.67. The van der Waals surface area contributed by atoms with Gasteiger partial charge < -0.3 is 19.8 Å². The van der Waals surface area contributed by atoms with Crippen LogP contribution in [0, 0.1) is 11.3 Å². The van der Waals surface area contributed by atoms with E-state index in [1.807, 2.05) is 25.1 Å². The minimum atomic E-state index is -0.898. The Hall–Kier alpha value is -2.02. The van der Waals surface area contributed by atoms with Crippen molar-refractivity contribution in [3.05, 3.63) is 70.6 Å². The third-order valence-corrected chi connectivity index (χ3v) is 10.4. The minimum absolute atomic E-state index is 0.0590. The van der Waals surface area contributed by atoms with E-state index in [4.69, 9.17) is 16.3 Å². The molecule has 0 radical (unpaired) electrons. The van der Waals surface area contributed by atoms with Crippen molar-refractivity contribution in [2.75, 3.05) is 14.1 Å². The molecule has 1 saturated carbocycles. The maximum atomic E-state index is 11.2. The van der Waals surface area contributed by atoms with Crippen molar-refractivity contribution in [2.24, 2.45) is 11.3 Å². The highest BCUT2D eigenvalue weighted by Gasteiger charge is 2.67. The summed E-state index contributed by atoms with van der Waals surface area (Å²) in [4.78, 5) is 6.32. The maximum absolute atomic E-state index is 11.2. The molecule has 6 heteroatoms. The zero-order valence-corrected chi connectivity index (χ0v) is 21.8. The summed E-state index contributed by atoms with van der Waals surface area (Å²) in [5.41, 5.74) is 3.72. The molecule has 5 nitrogen and oxygen atoms in total. The summed E-state index contributed by atoms with van der Waals surface area (Å²) in [6.07, 6.45) is 11.4. The lowest BCUT2D eigenvalue weighted by molar-refractivity contribution is -0.161. The van der Waals surface area contributed by atoms with Gasteiger partial charge in [0.05, 0.1) is 17.3 Å². The Morgan fingerprint density at radius 2 is 1.97 bits per heavy atom. The molecule has 2 N–H and O–H groups in total. The molecule has 1 aromatic heterocycles. The topological polar surface area (TPSA) is 65.8 Å². The number of pyridine rings is 1. The van der Waals surface area contributed by atoms with E-state index in [1.54, 1.807) is 6.20 Å². The molecule has 2 aliphatic heterocycles. The molecule has 188 valence electrons. The van der Waals surface area contributed by atoms with Gasteiger partial charge in [-0.25, -0.2) is 4.98 Å². The molecule has 36 heavy (non-hydrogen) atoms. The number of hydrogen-bond donors (Lipinski definition) is 2. The first-order chi connectivity index (χ1) is 17.2. The summed E-state index contributed by atoms with van der Waals surface area (Å²) in [7, 11) is 3.95. The third-order valence-electron chi connectivity index (χ3n) is 10.1. The van der Waals surface area contributed by atoms with Crippen LogP contribution in [-0.2, 0) is 4.74 Å². The summed E-state index contributed by atoms with van der Waals surface area (Å²) < 4.78 is 7.23. The SMILES string of the molecule is CN(C)C1CC23CCC4(O2)C(=CCC2(C)C(c5ccc6ccnc(Cl)c6c5)=CCC24)C=C3C(O)C1O. The Labute approximate surface area is 217 Å². The van der Waals surface area contributed by atoms with E-state index in [1.165, 1.54) is 16.7 Å². The molecule has 2 spiro atoms. The van der Waals surface area contributed by atoms with Crippen molar-refractivity contribution in [3.63, 3.8) is 0 Å². The number of aliphatic hydroxyl groups excluding tert-OH is 2. The fourth-order valence-corrected chi connectivity index (χ4v) is 8.47. The van der Waals surface area contributed by atoms with Gasteiger partial charge in [-0.1, -0.05) is 48.9 Å². The summed E-state index contributed by atoms with van der Waals surface area (Å²) in [5.74, 6) is 0.319. The monoisotopic (exact) mass is 504 g/mol. The number of likely N-dealkylation sites (N-methyl/N-ethyl adjacent to an activating group) is 1. The Balaban J connectivity index is 1.30. The molecule has 7 atom stereocenters. The van der Waals surface area contributed by atoms with Gasteiger partial charge >= 0.3 is 0 Å². The fraction of sp³-hybridized carbons (Fsp3) is 0.500. The Bertz CT molecular complexity index is 1380. The van der Waals surface area contributed by atoms with Crippen LogP contribution in [0.4, 0.5) is 0 Å². The predicted octanol–water partition coefficient (Wildman–Crippen LogP) is 4.91. The zero-order chi connectivity index (χ0) is 25.0. The number of ether oxygens (including phenoxy) is 1. The largest absolute Gasteiger partial charge is 0.388 e. The fourth-order valence-electron chi connectivity index (χ4n) is 8.25. The molecule has 2 fully saturated rings. The van der Waals surface area contributed by atoms with E-state index in [2.05, 4.69) is 48.3 Å². The smallest absolute Gasteiger partial charge is 0.136 e. The predicted molar refractivity (Wildman–Crippen MR) is 142 cm³/mol. The second kappa shape index (κ2) is 7.52. The number of nitrogens with zero attached hydrogens (tertiary/aromatic N) is 2. The minimum Gasteiger partial charge on any atom is -0.388 e. The lowest BCUT2D eigenvalue weighted by Gasteiger charge is -2.55. The van der Waals surface area contributed by atoms with E-state index >= 15 is 0 Å². The van der Waals surface area contributed by atoms with Gasteiger partial charge in [-0.15, -0.1) is 0 Å². The number of halogens is 1. The van der Waals surface area contributed by atoms with Gasteiger partial charge in [0.1, 0.15) is 11.3 Å². The number of aliphatic hydroxyl groups is 2. The lowest BCUT2D eigenvalue weighted by atomic mass is 9.58. The lowest BCUT2D eigenvalue weighted by Crippen LogP contribution is -2.61. The molecule has 7 rings (SSSR count). The third kappa shape index (κ3) is 2.84. The zero-order valence-electron chi connectivity index (χ0n) is 21.0. The first-order valence-electron chi connectivity index (χ1n) is 13.1. The van der Waals surface area contributed by atoms with E-state index in [0.29, 0.717) is 17.5 Å². The van der Waals surface area contributed by atoms with Gasteiger partial charge in [0.15, 0.2) is 0 Å². The van der Waals surface area contributed by atoms with Crippen molar-refractivity contribution < 1.29 is 14.9 Å². The number of allylic oxidation sites excluding steroid dienone is 3. The number of rotatable bonds is 2. The number of fused-ring (bicyclic) bond motifs is 2. The van der Waals surface area contributed by atoms with Gasteiger partial charge in [0.25, 0.3) is 0 Å². The van der Waals surface area contributed by atoms with Crippen LogP contribution in [0.25, 0.3) is 16.3 Å². The number of benzene rings is 1. The van der Waals surface area contributed by atoms with Crippen LogP contribution in [0.15, 0.2) is 59.8 Å². The van der Waals surface area contributed by atoms with Crippen LogP contribution < -0.4 is 0 Å². The van der Waals surface area contributed by atoms with Crippen LogP contribution in [-0.4, -0.2) is 63.6 Å². The average Bonchev–Trinajstić information content (AvgIpc) is 3.37. The molecular formula is C30H33ClN2O3. The normalized spacial score (nSPS) is 40.9. The van der Waals surface area contributed by atoms with Crippen LogP contribution in [0.5, 0.6) is 0 Å². The average molecular weight is 505 g/mol. The molecule has 2 aromatic rings. The molecule has 0 amide bonds. The van der Waals surface area contributed by atoms with E-state index in [9.17, 15) is 10.2 Å². The summed E-state index contributed by atoms with van der Waals surface area (Å²) in [6, 6.07) is 8.41. The molecule has 1 saturated heterocycles. The van der Waals surface area contributed by atoms with Gasteiger partial charge in [0, 0.05) is 29.0 Å². The van der Waals surface area contributed by atoms with E-state index in [0.717, 1.165) is 42.0 Å². The quantitative estimate of drug-likeness (QED) is 0.569. The molecule has 5 aliphatic rings. The van der Waals surface area contributed by atoms with Gasteiger partial charge in [0.2, 0.25) is 0 Å². The highest BCUT2D eigenvalue weighted by molar-refractivity contribution is 6.34. The highest BCUT2D eigenvalue weighted by atomic mass is 35.5. The second-order valence-electron chi connectivity index (χ2n) is 12.0. The summed E-state index contributed by atoms with van der Waals surface area (Å²) >= 11 is 6.46. The van der Waals surface area contributed by atoms with Crippen molar-refractivity contribution >= 4 is 27.9 Å². The van der Waals surface area contributed by atoms with Gasteiger partial charge in [-0.05, 0) is 86.0 Å². The van der Waals surface area contributed by atoms with Gasteiger partial charge in [-0.2, -0.15) is 0 Å². The first kappa shape index (κ1) is 23.1. The molecule has 3 aliphatic carbocycles.